The number of carboxylic acids is 1. The molecule has 0 amide bonds. The Morgan fingerprint density at radius 2 is 1.60 bits per heavy atom. The largest absolute Gasteiger partial charge is 0.490 e. The van der Waals surface area contributed by atoms with Crippen LogP contribution in [-0.4, -0.2) is 74.5 Å². The number of aliphatic carboxylic acids is 1. The summed E-state index contributed by atoms with van der Waals surface area (Å²) in [5.41, 5.74) is 2.43. The Kier molecular flexibility index (Phi) is 8.42. The fourth-order valence-corrected chi connectivity index (χ4v) is 4.56. The Bertz CT molecular complexity index is 973. The zero-order valence-corrected chi connectivity index (χ0v) is 20.4. The predicted molar refractivity (Wildman–Crippen MR) is 125 cm³/mol. The number of nitrogens with zero attached hydrogens (tertiary/aromatic N) is 5. The van der Waals surface area contributed by atoms with Crippen LogP contribution >= 0.6 is 0 Å². The normalized spacial score (nSPS) is 18.8. The van der Waals surface area contributed by atoms with Gasteiger partial charge in [-0.25, -0.2) is 9.48 Å². The van der Waals surface area contributed by atoms with Crippen LogP contribution in [0.3, 0.4) is 0 Å². The highest BCUT2D eigenvalue weighted by Crippen LogP contribution is 2.29. The van der Waals surface area contributed by atoms with Gasteiger partial charge in [0, 0.05) is 37.9 Å². The van der Waals surface area contributed by atoms with Gasteiger partial charge >= 0.3 is 12.1 Å². The maximum absolute atomic E-state index is 10.6. The van der Waals surface area contributed by atoms with Crippen molar-refractivity contribution in [3.05, 3.63) is 41.7 Å². The molecule has 3 heterocycles. The van der Waals surface area contributed by atoms with Gasteiger partial charge in [0.15, 0.2) is 0 Å². The number of benzene rings is 1. The number of hydrogen-bond acceptors (Lipinski definition) is 6. The summed E-state index contributed by atoms with van der Waals surface area (Å²) in [5, 5.41) is 25.7. The zero-order valence-electron chi connectivity index (χ0n) is 20.4. The summed E-state index contributed by atoms with van der Waals surface area (Å²) < 4.78 is 33.7. The smallest absolute Gasteiger partial charge is 0.475 e. The standard InChI is InChI=1S/C22H33N5O.C2HF3O2/c1-17-5-4-6-20(15-17)26-11-7-18(8-12-26)25-13-9-19(10-14-25)27-16-21(23-24-27)22(2,3)28;3-2(4,5)1(6)7/h4-6,15-16,18-19,28H,7-14H2,1-3H3;(H,6,7). The van der Waals surface area contributed by atoms with Crippen molar-refractivity contribution in [1.82, 2.24) is 19.9 Å². The molecule has 2 N–H and O–H groups in total. The van der Waals surface area contributed by atoms with E-state index in [1.807, 2.05) is 10.9 Å². The summed E-state index contributed by atoms with van der Waals surface area (Å²) in [6, 6.07) is 9.96. The molecule has 4 rings (SSSR count). The molecule has 0 bridgehead atoms. The number of halogens is 3. The second-order valence-corrected chi connectivity index (χ2v) is 9.77. The van der Waals surface area contributed by atoms with Gasteiger partial charge in [-0.2, -0.15) is 13.2 Å². The third-order valence-electron chi connectivity index (χ3n) is 6.60. The average Bonchev–Trinajstić information content (AvgIpc) is 3.30. The molecule has 2 aliphatic heterocycles. The molecule has 35 heavy (non-hydrogen) atoms. The Morgan fingerprint density at radius 1 is 1.03 bits per heavy atom. The summed E-state index contributed by atoms with van der Waals surface area (Å²) in [6.45, 7) is 10.2. The lowest BCUT2D eigenvalue weighted by atomic mass is 9.97. The highest BCUT2D eigenvalue weighted by atomic mass is 19.4. The van der Waals surface area contributed by atoms with Crippen molar-refractivity contribution in [2.24, 2.45) is 0 Å². The Balaban J connectivity index is 0.000000429. The summed E-state index contributed by atoms with van der Waals surface area (Å²) in [4.78, 5) is 14.1. The van der Waals surface area contributed by atoms with E-state index in [1.165, 1.54) is 24.1 Å². The number of aromatic nitrogens is 3. The zero-order chi connectivity index (χ0) is 25.8. The summed E-state index contributed by atoms with van der Waals surface area (Å²) in [7, 11) is 0. The molecule has 194 valence electrons. The third-order valence-corrected chi connectivity index (χ3v) is 6.60. The summed E-state index contributed by atoms with van der Waals surface area (Å²) in [5.74, 6) is -2.76. The number of anilines is 1. The van der Waals surface area contributed by atoms with Crippen LogP contribution in [0.15, 0.2) is 30.5 Å². The van der Waals surface area contributed by atoms with E-state index in [4.69, 9.17) is 9.90 Å². The summed E-state index contributed by atoms with van der Waals surface area (Å²) >= 11 is 0. The van der Waals surface area contributed by atoms with Crippen molar-refractivity contribution in [2.45, 2.75) is 70.3 Å². The first-order chi connectivity index (χ1) is 16.3. The van der Waals surface area contributed by atoms with Crippen molar-refractivity contribution in [1.29, 1.82) is 0 Å². The van der Waals surface area contributed by atoms with E-state index in [1.54, 1.807) is 13.8 Å². The molecule has 1 aromatic carbocycles. The second kappa shape index (κ2) is 10.9. The molecule has 2 fully saturated rings. The van der Waals surface area contributed by atoms with Gasteiger partial charge in [0.25, 0.3) is 0 Å². The molecule has 2 saturated heterocycles. The van der Waals surface area contributed by atoms with Gasteiger partial charge < -0.3 is 20.0 Å². The van der Waals surface area contributed by atoms with Gasteiger partial charge in [-0.1, -0.05) is 17.3 Å². The minimum absolute atomic E-state index is 0.396. The minimum Gasteiger partial charge on any atom is -0.475 e. The number of likely N-dealkylation sites (tertiary alicyclic amines) is 1. The number of carboxylic acid groups (broad SMARTS) is 1. The first-order valence-electron chi connectivity index (χ1n) is 11.8. The van der Waals surface area contributed by atoms with Crippen molar-refractivity contribution >= 4 is 11.7 Å². The van der Waals surface area contributed by atoms with Crippen LogP contribution in [0.4, 0.5) is 18.9 Å². The van der Waals surface area contributed by atoms with Crippen molar-refractivity contribution < 1.29 is 28.2 Å². The molecular weight excluding hydrogens is 463 g/mol. The molecule has 0 radical (unpaired) electrons. The van der Waals surface area contributed by atoms with Crippen molar-refractivity contribution in [3.63, 3.8) is 0 Å². The molecule has 11 heteroatoms. The molecule has 2 aliphatic rings. The average molecular weight is 498 g/mol. The Morgan fingerprint density at radius 3 is 2.09 bits per heavy atom. The van der Waals surface area contributed by atoms with Crippen LogP contribution in [0.25, 0.3) is 0 Å². The topological polar surface area (TPSA) is 94.7 Å². The molecular formula is C24H34F3N5O3. The fraction of sp³-hybridized carbons (Fsp3) is 0.625. The molecule has 1 aromatic heterocycles. The van der Waals surface area contributed by atoms with E-state index in [2.05, 4.69) is 51.3 Å². The van der Waals surface area contributed by atoms with Gasteiger partial charge in [0.2, 0.25) is 0 Å². The maximum atomic E-state index is 10.6. The van der Waals surface area contributed by atoms with Gasteiger partial charge in [-0.3, -0.25) is 0 Å². The molecule has 0 atom stereocenters. The highest BCUT2D eigenvalue weighted by molar-refractivity contribution is 5.73. The highest BCUT2D eigenvalue weighted by Gasteiger charge is 2.38. The van der Waals surface area contributed by atoms with E-state index in [0.717, 1.165) is 39.0 Å². The first-order valence-corrected chi connectivity index (χ1v) is 11.8. The minimum atomic E-state index is -5.08. The quantitative estimate of drug-likeness (QED) is 0.664. The SMILES string of the molecule is Cc1cccc(N2CCC(N3CCC(n4cc(C(C)(C)O)nn4)CC3)CC2)c1.O=C(O)C(F)(F)F. The lowest BCUT2D eigenvalue weighted by Crippen LogP contribution is -2.48. The monoisotopic (exact) mass is 497 g/mol. The van der Waals surface area contributed by atoms with E-state index in [9.17, 15) is 18.3 Å². The van der Waals surface area contributed by atoms with E-state index in [0.29, 0.717) is 17.8 Å². The molecule has 0 spiro atoms. The van der Waals surface area contributed by atoms with Crippen LogP contribution in [0, 0.1) is 6.92 Å². The molecule has 0 unspecified atom stereocenters. The van der Waals surface area contributed by atoms with Gasteiger partial charge in [0.1, 0.15) is 11.3 Å². The number of aryl methyl sites for hydroxylation is 1. The Labute approximate surface area is 203 Å². The van der Waals surface area contributed by atoms with Crippen LogP contribution in [0.2, 0.25) is 0 Å². The first kappa shape index (κ1) is 26.9. The lowest BCUT2D eigenvalue weighted by Gasteiger charge is -2.42. The number of aliphatic hydroxyl groups is 1. The van der Waals surface area contributed by atoms with Crippen LogP contribution in [-0.2, 0) is 10.4 Å². The molecule has 2 aromatic rings. The number of hydrogen-bond donors (Lipinski definition) is 2. The molecule has 8 nitrogen and oxygen atoms in total. The van der Waals surface area contributed by atoms with Gasteiger partial charge in [-0.05, 0) is 64.2 Å². The number of piperidine rings is 2. The molecule has 0 saturated carbocycles. The van der Waals surface area contributed by atoms with Gasteiger partial charge in [-0.15, -0.1) is 5.10 Å². The van der Waals surface area contributed by atoms with E-state index >= 15 is 0 Å². The van der Waals surface area contributed by atoms with Crippen molar-refractivity contribution in [3.8, 4) is 0 Å². The van der Waals surface area contributed by atoms with Crippen LogP contribution in [0.5, 0.6) is 0 Å². The van der Waals surface area contributed by atoms with Crippen LogP contribution < -0.4 is 4.90 Å². The lowest BCUT2D eigenvalue weighted by molar-refractivity contribution is -0.192. The fourth-order valence-electron chi connectivity index (χ4n) is 4.56. The third kappa shape index (κ3) is 7.41. The molecule has 0 aliphatic carbocycles. The van der Waals surface area contributed by atoms with Gasteiger partial charge in [0.05, 0.1) is 12.2 Å². The Hall–Kier alpha value is -2.66. The maximum Gasteiger partial charge on any atom is 0.490 e. The van der Waals surface area contributed by atoms with Crippen molar-refractivity contribution in [2.75, 3.05) is 31.1 Å². The van der Waals surface area contributed by atoms with E-state index in [-0.39, 0.29) is 0 Å². The number of carbonyl (C=O) groups is 1. The predicted octanol–water partition coefficient (Wildman–Crippen LogP) is 3.75. The number of rotatable bonds is 4. The van der Waals surface area contributed by atoms with Crippen LogP contribution in [0.1, 0.15) is 56.8 Å². The second-order valence-electron chi connectivity index (χ2n) is 9.77. The van der Waals surface area contributed by atoms with E-state index < -0.39 is 17.7 Å². The number of alkyl halides is 3. The summed E-state index contributed by atoms with van der Waals surface area (Å²) in [6.07, 6.45) is 1.52.